The number of carbonyl (C=O) groups is 1. The zero-order valence-electron chi connectivity index (χ0n) is 8.71. The fourth-order valence-corrected chi connectivity index (χ4v) is 1.56. The van der Waals surface area contributed by atoms with Gasteiger partial charge >= 0.3 is 5.97 Å². The standard InChI is InChI=1S/C12H10N2O2/c1-8-9(4-2-6-13-8)10-5-3-7-14-11(10)12(15)16/h2-7H,1H3,(H,15,16). The molecule has 0 aliphatic rings. The van der Waals surface area contributed by atoms with Crippen molar-refractivity contribution in [3.05, 3.63) is 48.0 Å². The summed E-state index contributed by atoms with van der Waals surface area (Å²) in [6.07, 6.45) is 3.15. The lowest BCUT2D eigenvalue weighted by Crippen LogP contribution is -2.03. The van der Waals surface area contributed by atoms with Crippen molar-refractivity contribution >= 4 is 5.97 Å². The third kappa shape index (κ3) is 1.77. The highest BCUT2D eigenvalue weighted by molar-refractivity contribution is 5.94. The van der Waals surface area contributed by atoms with Gasteiger partial charge in [-0.2, -0.15) is 0 Å². The first-order chi connectivity index (χ1) is 7.70. The van der Waals surface area contributed by atoms with Gasteiger partial charge in [0.1, 0.15) is 0 Å². The van der Waals surface area contributed by atoms with Crippen molar-refractivity contribution < 1.29 is 9.90 Å². The van der Waals surface area contributed by atoms with Crippen molar-refractivity contribution in [3.63, 3.8) is 0 Å². The first kappa shape index (κ1) is 10.3. The molecule has 0 fully saturated rings. The highest BCUT2D eigenvalue weighted by Crippen LogP contribution is 2.23. The highest BCUT2D eigenvalue weighted by atomic mass is 16.4. The van der Waals surface area contributed by atoms with E-state index in [9.17, 15) is 4.79 Å². The van der Waals surface area contributed by atoms with Crippen LogP contribution in [-0.4, -0.2) is 21.0 Å². The van der Waals surface area contributed by atoms with Gasteiger partial charge in [-0.25, -0.2) is 9.78 Å². The van der Waals surface area contributed by atoms with Crippen molar-refractivity contribution in [2.75, 3.05) is 0 Å². The number of aryl methyl sites for hydroxylation is 1. The fourth-order valence-electron chi connectivity index (χ4n) is 1.56. The van der Waals surface area contributed by atoms with Crippen molar-refractivity contribution in [3.8, 4) is 11.1 Å². The number of hydrogen-bond donors (Lipinski definition) is 1. The van der Waals surface area contributed by atoms with Crippen LogP contribution in [0.1, 0.15) is 16.2 Å². The predicted molar refractivity (Wildman–Crippen MR) is 59.2 cm³/mol. The topological polar surface area (TPSA) is 63.1 Å². The fraction of sp³-hybridized carbons (Fsp3) is 0.0833. The molecule has 2 aromatic rings. The molecule has 80 valence electrons. The Morgan fingerprint density at radius 1 is 1.12 bits per heavy atom. The van der Waals surface area contributed by atoms with Gasteiger partial charge < -0.3 is 5.11 Å². The van der Waals surface area contributed by atoms with Crippen LogP contribution in [0.5, 0.6) is 0 Å². The van der Waals surface area contributed by atoms with E-state index in [4.69, 9.17) is 5.11 Å². The molecule has 1 N–H and O–H groups in total. The van der Waals surface area contributed by atoms with Crippen molar-refractivity contribution in [1.29, 1.82) is 0 Å². The van der Waals surface area contributed by atoms with Gasteiger partial charge in [-0.15, -0.1) is 0 Å². The number of hydrogen-bond acceptors (Lipinski definition) is 3. The monoisotopic (exact) mass is 214 g/mol. The van der Waals surface area contributed by atoms with E-state index in [2.05, 4.69) is 9.97 Å². The van der Waals surface area contributed by atoms with Gasteiger partial charge in [-0.05, 0) is 19.1 Å². The number of carboxylic acids is 1. The summed E-state index contributed by atoms with van der Waals surface area (Å²) >= 11 is 0. The predicted octanol–water partition coefficient (Wildman–Crippen LogP) is 2.15. The molecule has 4 heteroatoms. The Kier molecular flexibility index (Phi) is 2.64. The third-order valence-electron chi connectivity index (χ3n) is 2.31. The van der Waals surface area contributed by atoms with E-state index in [-0.39, 0.29) is 5.69 Å². The number of carboxylic acid groups (broad SMARTS) is 1. The lowest BCUT2D eigenvalue weighted by atomic mass is 10.0. The first-order valence-electron chi connectivity index (χ1n) is 4.80. The smallest absolute Gasteiger partial charge is 0.355 e. The van der Waals surface area contributed by atoms with Crippen LogP contribution >= 0.6 is 0 Å². The molecular formula is C12H10N2O2. The van der Waals surface area contributed by atoms with Gasteiger partial charge in [0.05, 0.1) is 0 Å². The summed E-state index contributed by atoms with van der Waals surface area (Å²) in [7, 11) is 0. The van der Waals surface area contributed by atoms with Crippen LogP contribution in [0.3, 0.4) is 0 Å². The molecule has 0 aromatic carbocycles. The molecule has 16 heavy (non-hydrogen) atoms. The summed E-state index contributed by atoms with van der Waals surface area (Å²) < 4.78 is 0. The summed E-state index contributed by atoms with van der Waals surface area (Å²) in [4.78, 5) is 19.0. The number of nitrogens with zero attached hydrogens (tertiary/aromatic N) is 2. The number of aromatic carboxylic acids is 1. The van der Waals surface area contributed by atoms with Gasteiger partial charge in [-0.1, -0.05) is 12.1 Å². The van der Waals surface area contributed by atoms with Crippen LogP contribution in [0.2, 0.25) is 0 Å². The molecule has 2 rings (SSSR count). The van der Waals surface area contributed by atoms with Crippen LogP contribution in [0.15, 0.2) is 36.7 Å². The number of aromatic nitrogens is 2. The first-order valence-corrected chi connectivity index (χ1v) is 4.80. The van der Waals surface area contributed by atoms with Gasteiger partial charge in [-0.3, -0.25) is 4.98 Å². The summed E-state index contributed by atoms with van der Waals surface area (Å²) in [5.74, 6) is -1.03. The van der Waals surface area contributed by atoms with Crippen molar-refractivity contribution in [2.24, 2.45) is 0 Å². The minimum atomic E-state index is -1.03. The maximum absolute atomic E-state index is 11.0. The molecule has 0 bridgehead atoms. The normalized spacial score (nSPS) is 10.1. The lowest BCUT2D eigenvalue weighted by molar-refractivity contribution is 0.0691. The Bertz CT molecular complexity index is 538. The minimum Gasteiger partial charge on any atom is -0.476 e. The van der Waals surface area contributed by atoms with Crippen LogP contribution < -0.4 is 0 Å². The maximum atomic E-state index is 11.0. The lowest BCUT2D eigenvalue weighted by Gasteiger charge is -2.06. The third-order valence-corrected chi connectivity index (χ3v) is 2.31. The molecule has 0 amide bonds. The van der Waals surface area contributed by atoms with Crippen molar-refractivity contribution in [1.82, 2.24) is 9.97 Å². The molecule has 0 radical (unpaired) electrons. The van der Waals surface area contributed by atoms with E-state index in [0.717, 1.165) is 11.3 Å². The quantitative estimate of drug-likeness (QED) is 0.831. The molecule has 4 nitrogen and oxygen atoms in total. The minimum absolute atomic E-state index is 0.0543. The van der Waals surface area contributed by atoms with Gasteiger partial charge in [0.25, 0.3) is 0 Å². The average Bonchev–Trinajstić information content (AvgIpc) is 2.29. The van der Waals surface area contributed by atoms with Crippen LogP contribution in [0.25, 0.3) is 11.1 Å². The van der Waals surface area contributed by atoms with E-state index in [1.165, 1.54) is 6.20 Å². The Hall–Kier alpha value is -2.23. The number of pyridine rings is 2. The number of rotatable bonds is 2. The molecule has 0 aliphatic heterocycles. The molecule has 0 saturated carbocycles. The summed E-state index contributed by atoms with van der Waals surface area (Å²) in [5.41, 5.74) is 2.24. The summed E-state index contributed by atoms with van der Waals surface area (Å²) in [6.45, 7) is 1.84. The SMILES string of the molecule is Cc1ncccc1-c1cccnc1C(=O)O. The second kappa shape index (κ2) is 4.10. The van der Waals surface area contributed by atoms with Gasteiger partial charge in [0.2, 0.25) is 0 Å². The Morgan fingerprint density at radius 2 is 1.75 bits per heavy atom. The highest BCUT2D eigenvalue weighted by Gasteiger charge is 2.13. The van der Waals surface area contributed by atoms with E-state index >= 15 is 0 Å². The molecule has 2 heterocycles. The Labute approximate surface area is 92.6 Å². The average molecular weight is 214 g/mol. The summed E-state index contributed by atoms with van der Waals surface area (Å²) in [6, 6.07) is 7.07. The molecular weight excluding hydrogens is 204 g/mol. The van der Waals surface area contributed by atoms with E-state index in [1.807, 2.05) is 13.0 Å². The Balaban J connectivity index is 2.65. The molecule has 0 spiro atoms. The summed E-state index contributed by atoms with van der Waals surface area (Å²) in [5, 5.41) is 9.03. The maximum Gasteiger partial charge on any atom is 0.355 e. The second-order valence-electron chi connectivity index (χ2n) is 3.34. The van der Waals surface area contributed by atoms with Crippen LogP contribution in [0, 0.1) is 6.92 Å². The van der Waals surface area contributed by atoms with Crippen LogP contribution in [-0.2, 0) is 0 Å². The zero-order valence-corrected chi connectivity index (χ0v) is 8.71. The van der Waals surface area contributed by atoms with Crippen LogP contribution in [0.4, 0.5) is 0 Å². The van der Waals surface area contributed by atoms with Crippen molar-refractivity contribution in [2.45, 2.75) is 6.92 Å². The molecule has 0 atom stereocenters. The van der Waals surface area contributed by atoms with E-state index in [0.29, 0.717) is 5.56 Å². The molecule has 2 aromatic heterocycles. The van der Waals surface area contributed by atoms with Gasteiger partial charge in [0.15, 0.2) is 5.69 Å². The molecule has 0 aliphatic carbocycles. The van der Waals surface area contributed by atoms with E-state index in [1.54, 1.807) is 24.4 Å². The molecule has 0 unspecified atom stereocenters. The largest absolute Gasteiger partial charge is 0.476 e. The van der Waals surface area contributed by atoms with Gasteiger partial charge in [0, 0.05) is 29.2 Å². The molecule has 0 saturated heterocycles. The van der Waals surface area contributed by atoms with E-state index < -0.39 is 5.97 Å². The second-order valence-corrected chi connectivity index (χ2v) is 3.34. The zero-order chi connectivity index (χ0) is 11.5. The Morgan fingerprint density at radius 3 is 2.38 bits per heavy atom.